The van der Waals surface area contributed by atoms with E-state index in [-0.39, 0.29) is 0 Å². The average Bonchev–Trinajstić information content (AvgIpc) is 4.19. The van der Waals surface area contributed by atoms with Crippen LogP contribution in [0.4, 0.5) is 0 Å². The fourth-order valence-electron chi connectivity index (χ4n) is 10.6. The molecule has 4 heterocycles. The molecule has 4 aromatic heterocycles. The molecule has 0 radical (unpaired) electrons. The molecule has 0 fully saturated rings. The Balaban J connectivity index is 0.884. The monoisotopic (exact) mass is 869 g/mol. The molecule has 0 amide bonds. The van der Waals surface area contributed by atoms with E-state index in [2.05, 4.69) is 232 Å². The van der Waals surface area contributed by atoms with Crippen molar-refractivity contribution in [2.75, 3.05) is 0 Å². The van der Waals surface area contributed by atoms with E-state index in [1.54, 1.807) is 0 Å². The molecule has 0 atom stereocenters. The minimum atomic E-state index is 0.792. The average molecular weight is 870 g/mol. The lowest BCUT2D eigenvalue weighted by Crippen LogP contribution is -2.01. The van der Waals surface area contributed by atoms with Crippen molar-refractivity contribution in [2.45, 2.75) is 0 Å². The molecule has 0 aliphatic carbocycles. The number of hydrogen-bond donors (Lipinski definition) is 0. The molecule has 68 heavy (non-hydrogen) atoms. The van der Waals surface area contributed by atoms with Gasteiger partial charge in [0.05, 0.1) is 33.1 Å². The van der Waals surface area contributed by atoms with Gasteiger partial charge in [0.2, 0.25) is 0 Å². The number of benzene rings is 10. The first-order valence-corrected chi connectivity index (χ1v) is 23.0. The summed E-state index contributed by atoms with van der Waals surface area (Å²) in [5.41, 5.74) is 16.1. The third-order valence-corrected chi connectivity index (χ3v) is 13.6. The zero-order valence-corrected chi connectivity index (χ0v) is 36.7. The lowest BCUT2D eigenvalue weighted by Gasteiger charge is -2.14. The molecule has 0 spiro atoms. The highest BCUT2D eigenvalue weighted by Gasteiger charge is 2.23. The van der Waals surface area contributed by atoms with Crippen LogP contribution >= 0.6 is 0 Å². The zero-order valence-electron chi connectivity index (χ0n) is 36.7. The summed E-state index contributed by atoms with van der Waals surface area (Å²) in [6.45, 7) is 0. The Morgan fingerprint density at radius 1 is 0.294 bits per heavy atom. The maximum absolute atomic E-state index is 6.58. The van der Waals surface area contributed by atoms with Gasteiger partial charge < -0.3 is 13.6 Å². The van der Waals surface area contributed by atoms with Crippen LogP contribution in [0.1, 0.15) is 0 Å². The summed E-state index contributed by atoms with van der Waals surface area (Å²) >= 11 is 0. The zero-order chi connectivity index (χ0) is 44.7. The van der Waals surface area contributed by atoms with Crippen LogP contribution in [0.15, 0.2) is 241 Å². The summed E-state index contributed by atoms with van der Waals surface area (Å²) in [5, 5.41) is 16.5. The van der Waals surface area contributed by atoms with E-state index >= 15 is 0 Å². The first-order valence-electron chi connectivity index (χ1n) is 23.0. The predicted octanol–water partition coefficient (Wildman–Crippen LogP) is 16.0. The third kappa shape index (κ3) is 5.84. The molecule has 0 N–H and O–H groups in total. The van der Waals surface area contributed by atoms with Gasteiger partial charge in [0, 0.05) is 49.4 Å². The Morgan fingerprint density at radius 3 is 1.37 bits per heavy atom. The number of furan rings is 1. The standard InChI is InChI=1S/C62H39N5O/c1-3-17-40(18-4-1)61-63-64-62(41-19-5-2-6-20-41)67(61)55-33-16-32-54-58(55)50-28-7-10-30-52(50)65(54)46-25-14-23-44(38-46)42-21-13-22-43(37-42)45-24-15-26-47(39-45)66-53-31-11-8-29-51(53)59-56(66)36-35-49-48-27-9-12-34-57(48)68-60(49)59/h1-39H. The van der Waals surface area contributed by atoms with Gasteiger partial charge in [-0.25, -0.2) is 0 Å². The van der Waals surface area contributed by atoms with Gasteiger partial charge in [-0.1, -0.05) is 164 Å². The number of hydrogen-bond acceptors (Lipinski definition) is 3. The quantitative estimate of drug-likeness (QED) is 0.160. The second-order valence-corrected chi connectivity index (χ2v) is 17.4. The van der Waals surface area contributed by atoms with E-state index < -0.39 is 0 Å². The summed E-state index contributed by atoms with van der Waals surface area (Å²) in [6, 6.07) is 84.1. The van der Waals surface area contributed by atoms with Crippen molar-refractivity contribution >= 4 is 65.6 Å². The number of aromatic nitrogens is 5. The number of nitrogens with zero attached hydrogens (tertiary/aromatic N) is 5. The largest absolute Gasteiger partial charge is 0.455 e. The van der Waals surface area contributed by atoms with E-state index in [0.717, 1.165) is 122 Å². The van der Waals surface area contributed by atoms with E-state index in [1.165, 1.54) is 5.39 Å². The maximum atomic E-state index is 6.58. The summed E-state index contributed by atoms with van der Waals surface area (Å²) in [5.74, 6) is 1.58. The summed E-state index contributed by atoms with van der Waals surface area (Å²) < 4.78 is 13.6. The Bertz CT molecular complexity index is 4210. The summed E-state index contributed by atoms with van der Waals surface area (Å²) in [6.07, 6.45) is 0. The molecule has 14 rings (SSSR count). The van der Waals surface area contributed by atoms with Crippen molar-refractivity contribution in [3.8, 4) is 62.1 Å². The molecule has 0 aliphatic rings. The maximum Gasteiger partial charge on any atom is 0.168 e. The van der Waals surface area contributed by atoms with E-state index in [9.17, 15) is 0 Å². The number of fused-ring (bicyclic) bond motifs is 10. The molecule has 14 aromatic rings. The van der Waals surface area contributed by atoms with Gasteiger partial charge in [-0.05, 0) is 95.1 Å². The first-order chi connectivity index (χ1) is 33.7. The van der Waals surface area contributed by atoms with Crippen LogP contribution in [0.3, 0.4) is 0 Å². The van der Waals surface area contributed by atoms with Gasteiger partial charge >= 0.3 is 0 Å². The molecule has 318 valence electrons. The molecule has 0 unspecified atom stereocenters. The lowest BCUT2D eigenvalue weighted by atomic mass is 9.98. The van der Waals surface area contributed by atoms with Crippen molar-refractivity contribution in [1.82, 2.24) is 23.9 Å². The van der Waals surface area contributed by atoms with Crippen molar-refractivity contribution in [1.29, 1.82) is 0 Å². The van der Waals surface area contributed by atoms with Crippen molar-refractivity contribution in [2.24, 2.45) is 0 Å². The Hall–Kier alpha value is -9.26. The first kappa shape index (κ1) is 38.1. The Morgan fingerprint density at radius 2 is 0.750 bits per heavy atom. The number of para-hydroxylation sites is 3. The topological polar surface area (TPSA) is 53.7 Å². The van der Waals surface area contributed by atoms with Gasteiger partial charge in [-0.15, -0.1) is 10.2 Å². The van der Waals surface area contributed by atoms with Crippen LogP contribution in [0.2, 0.25) is 0 Å². The van der Waals surface area contributed by atoms with Crippen LogP contribution < -0.4 is 0 Å². The molecule has 0 bridgehead atoms. The molecule has 10 aromatic carbocycles. The van der Waals surface area contributed by atoms with Gasteiger partial charge in [0.25, 0.3) is 0 Å². The summed E-state index contributed by atoms with van der Waals surface area (Å²) in [7, 11) is 0. The van der Waals surface area contributed by atoms with Crippen LogP contribution in [-0.2, 0) is 0 Å². The smallest absolute Gasteiger partial charge is 0.168 e. The molecule has 6 heteroatoms. The Kier molecular flexibility index (Phi) is 8.48. The highest BCUT2D eigenvalue weighted by molar-refractivity contribution is 6.24. The molecule has 0 saturated heterocycles. The van der Waals surface area contributed by atoms with Crippen LogP contribution in [0.5, 0.6) is 0 Å². The minimum absolute atomic E-state index is 0.792. The molecular formula is C62H39N5O. The van der Waals surface area contributed by atoms with E-state index in [1.807, 2.05) is 18.2 Å². The highest BCUT2D eigenvalue weighted by atomic mass is 16.3. The Labute approximate surface area is 390 Å². The molecule has 0 saturated carbocycles. The SMILES string of the molecule is c1ccc(-c2nnc(-c3ccccc3)n2-c2cccc3c2c2ccccc2n3-c2cccc(-c3cccc(-c4cccc(-n5c6ccccc6c6c7oc8ccccc8c7ccc65)c4)c3)c2)cc1. The fraction of sp³-hybridized carbons (Fsp3) is 0. The van der Waals surface area contributed by atoms with Gasteiger partial charge in [0.15, 0.2) is 11.6 Å². The predicted molar refractivity (Wildman–Crippen MR) is 279 cm³/mol. The van der Waals surface area contributed by atoms with Crippen molar-refractivity contribution in [3.05, 3.63) is 237 Å². The van der Waals surface area contributed by atoms with Crippen LogP contribution in [0, 0.1) is 0 Å². The van der Waals surface area contributed by atoms with Crippen molar-refractivity contribution in [3.63, 3.8) is 0 Å². The van der Waals surface area contributed by atoms with Gasteiger partial charge in [0.1, 0.15) is 11.2 Å². The second-order valence-electron chi connectivity index (χ2n) is 17.4. The molecular weight excluding hydrogens is 831 g/mol. The normalized spacial score (nSPS) is 11.8. The van der Waals surface area contributed by atoms with Gasteiger partial charge in [-0.3, -0.25) is 4.57 Å². The van der Waals surface area contributed by atoms with E-state index in [4.69, 9.17) is 14.6 Å². The van der Waals surface area contributed by atoms with Gasteiger partial charge in [-0.2, -0.15) is 0 Å². The highest BCUT2D eigenvalue weighted by Crippen LogP contribution is 2.42. The molecule has 6 nitrogen and oxygen atoms in total. The summed E-state index contributed by atoms with van der Waals surface area (Å²) in [4.78, 5) is 0. The molecule has 0 aliphatic heterocycles. The van der Waals surface area contributed by atoms with Crippen molar-refractivity contribution < 1.29 is 4.42 Å². The lowest BCUT2D eigenvalue weighted by molar-refractivity contribution is 0.673. The third-order valence-electron chi connectivity index (χ3n) is 13.6. The van der Waals surface area contributed by atoms with Crippen LogP contribution in [-0.4, -0.2) is 23.9 Å². The fourth-order valence-corrected chi connectivity index (χ4v) is 10.6. The van der Waals surface area contributed by atoms with E-state index in [0.29, 0.717) is 0 Å². The van der Waals surface area contributed by atoms with Crippen LogP contribution in [0.25, 0.3) is 128 Å². The second kappa shape index (κ2) is 15.2. The minimum Gasteiger partial charge on any atom is -0.455 e. The number of rotatable bonds is 7.